The Bertz CT molecular complexity index is 876. The van der Waals surface area contributed by atoms with Crippen LogP contribution in [0.2, 0.25) is 0 Å². The standard InChI is InChI=1S/C18H13BrN2O3S/c1-24-17(23)12-4-2-11(3-5-12)10-15-16(22)21(18(25)20-15)14-8-6-13(19)7-9-14/h2-9H,10H2,1H3. The zero-order chi connectivity index (χ0) is 18.0. The Morgan fingerprint density at radius 1 is 1.16 bits per heavy atom. The van der Waals surface area contributed by atoms with Crippen molar-refractivity contribution >= 4 is 56.5 Å². The zero-order valence-corrected chi connectivity index (χ0v) is 15.6. The quantitative estimate of drug-likeness (QED) is 0.564. The molecule has 0 spiro atoms. The first-order valence-corrected chi connectivity index (χ1v) is 8.58. The zero-order valence-electron chi connectivity index (χ0n) is 13.2. The van der Waals surface area contributed by atoms with E-state index in [9.17, 15) is 9.59 Å². The lowest BCUT2D eigenvalue weighted by molar-refractivity contribution is -0.111. The molecular formula is C18H13BrN2O3S. The number of hydrogen-bond acceptors (Lipinski definition) is 4. The van der Waals surface area contributed by atoms with E-state index in [2.05, 4.69) is 25.7 Å². The van der Waals surface area contributed by atoms with Crippen LogP contribution < -0.4 is 4.90 Å². The Morgan fingerprint density at radius 2 is 1.80 bits per heavy atom. The van der Waals surface area contributed by atoms with Crippen LogP contribution in [0.3, 0.4) is 0 Å². The van der Waals surface area contributed by atoms with Crippen molar-refractivity contribution < 1.29 is 14.3 Å². The van der Waals surface area contributed by atoms with E-state index < -0.39 is 5.97 Å². The second-order valence-corrected chi connectivity index (χ2v) is 6.60. The first kappa shape index (κ1) is 17.4. The lowest BCUT2D eigenvalue weighted by Gasteiger charge is -2.15. The van der Waals surface area contributed by atoms with Gasteiger partial charge in [0, 0.05) is 10.9 Å². The maximum atomic E-state index is 12.6. The fraction of sp³-hybridized carbons (Fsp3) is 0.111. The van der Waals surface area contributed by atoms with E-state index in [1.165, 1.54) is 12.0 Å². The van der Waals surface area contributed by atoms with Crippen LogP contribution >= 0.6 is 28.1 Å². The van der Waals surface area contributed by atoms with Gasteiger partial charge in [0.1, 0.15) is 5.71 Å². The fourth-order valence-corrected chi connectivity index (χ4v) is 2.99. The number of esters is 1. The third kappa shape index (κ3) is 3.67. The largest absolute Gasteiger partial charge is 0.465 e. The van der Waals surface area contributed by atoms with Gasteiger partial charge in [-0.2, -0.15) is 0 Å². The number of halogens is 1. The van der Waals surface area contributed by atoms with Gasteiger partial charge in [0.25, 0.3) is 5.91 Å². The average Bonchev–Trinajstić information content (AvgIpc) is 2.89. The molecule has 0 atom stereocenters. The topological polar surface area (TPSA) is 59.0 Å². The van der Waals surface area contributed by atoms with Gasteiger partial charge in [0.15, 0.2) is 0 Å². The first-order valence-electron chi connectivity index (χ1n) is 7.38. The number of rotatable bonds is 4. The van der Waals surface area contributed by atoms with Crippen molar-refractivity contribution in [2.24, 2.45) is 4.99 Å². The van der Waals surface area contributed by atoms with E-state index in [0.717, 1.165) is 10.0 Å². The van der Waals surface area contributed by atoms with Crippen LogP contribution in [0.15, 0.2) is 58.0 Å². The molecule has 0 unspecified atom stereocenters. The lowest BCUT2D eigenvalue weighted by Crippen LogP contribution is -2.33. The minimum absolute atomic E-state index is 0.230. The average molecular weight is 417 g/mol. The number of ether oxygens (including phenoxy) is 1. The van der Waals surface area contributed by atoms with Crippen LogP contribution in [-0.2, 0) is 16.0 Å². The highest BCUT2D eigenvalue weighted by atomic mass is 79.9. The smallest absolute Gasteiger partial charge is 0.337 e. The van der Waals surface area contributed by atoms with Crippen molar-refractivity contribution in [2.75, 3.05) is 12.0 Å². The highest BCUT2D eigenvalue weighted by Crippen LogP contribution is 2.23. The Morgan fingerprint density at radius 3 is 2.40 bits per heavy atom. The van der Waals surface area contributed by atoms with E-state index in [-0.39, 0.29) is 11.0 Å². The van der Waals surface area contributed by atoms with Gasteiger partial charge in [-0.1, -0.05) is 28.1 Å². The molecule has 0 saturated carbocycles. The van der Waals surface area contributed by atoms with Crippen LogP contribution in [-0.4, -0.2) is 29.8 Å². The highest BCUT2D eigenvalue weighted by Gasteiger charge is 2.31. The van der Waals surface area contributed by atoms with Crippen molar-refractivity contribution in [1.29, 1.82) is 0 Å². The van der Waals surface area contributed by atoms with Crippen LogP contribution in [0.1, 0.15) is 15.9 Å². The van der Waals surface area contributed by atoms with Crippen molar-refractivity contribution in [3.05, 3.63) is 64.1 Å². The third-order valence-corrected chi connectivity index (χ3v) is 4.51. The fourth-order valence-electron chi connectivity index (χ4n) is 2.43. The van der Waals surface area contributed by atoms with E-state index in [0.29, 0.717) is 23.4 Å². The first-order chi connectivity index (χ1) is 12.0. The molecule has 7 heteroatoms. The van der Waals surface area contributed by atoms with Crippen LogP contribution in [0.4, 0.5) is 5.69 Å². The lowest BCUT2D eigenvalue weighted by atomic mass is 10.1. The van der Waals surface area contributed by atoms with Crippen LogP contribution in [0.25, 0.3) is 0 Å². The van der Waals surface area contributed by atoms with Gasteiger partial charge in [-0.15, -0.1) is 0 Å². The molecular weight excluding hydrogens is 404 g/mol. The summed E-state index contributed by atoms with van der Waals surface area (Å²) in [4.78, 5) is 29.8. The van der Waals surface area contributed by atoms with Crippen molar-refractivity contribution in [1.82, 2.24) is 0 Å². The normalized spacial score (nSPS) is 13.8. The molecule has 2 aromatic rings. The summed E-state index contributed by atoms with van der Waals surface area (Å²) in [5, 5.41) is 0.230. The summed E-state index contributed by atoms with van der Waals surface area (Å²) in [6.07, 6.45) is 0.341. The molecule has 0 saturated heterocycles. The van der Waals surface area contributed by atoms with E-state index in [1.807, 2.05) is 12.1 Å². The Balaban J connectivity index is 1.77. The second kappa shape index (κ2) is 7.25. The van der Waals surface area contributed by atoms with Gasteiger partial charge in [-0.25, -0.2) is 9.79 Å². The molecule has 1 heterocycles. The number of aliphatic imine (C=N–C) groups is 1. The summed E-state index contributed by atoms with van der Waals surface area (Å²) in [5.41, 5.74) is 2.37. The molecule has 126 valence electrons. The SMILES string of the molecule is COC(=O)c1ccc(CC2=NC(=S)N(c3ccc(Br)cc3)C2=O)cc1. The monoisotopic (exact) mass is 416 g/mol. The van der Waals surface area contributed by atoms with Crippen LogP contribution in [0, 0.1) is 0 Å². The van der Waals surface area contributed by atoms with E-state index in [4.69, 9.17) is 12.2 Å². The Hall–Kier alpha value is -2.38. The van der Waals surface area contributed by atoms with Crippen LogP contribution in [0.5, 0.6) is 0 Å². The molecule has 25 heavy (non-hydrogen) atoms. The minimum atomic E-state index is -0.400. The molecule has 0 fully saturated rings. The summed E-state index contributed by atoms with van der Waals surface area (Å²) < 4.78 is 5.59. The molecule has 1 aliphatic heterocycles. The maximum Gasteiger partial charge on any atom is 0.337 e. The summed E-state index contributed by atoms with van der Waals surface area (Å²) in [6.45, 7) is 0. The van der Waals surface area contributed by atoms with Gasteiger partial charge in [0.2, 0.25) is 5.11 Å². The third-order valence-electron chi connectivity index (χ3n) is 3.70. The molecule has 1 amide bonds. The molecule has 0 aromatic heterocycles. The Kier molecular flexibility index (Phi) is 5.06. The molecule has 5 nitrogen and oxygen atoms in total. The number of amides is 1. The summed E-state index contributed by atoms with van der Waals surface area (Å²) in [6, 6.07) is 14.2. The highest BCUT2D eigenvalue weighted by molar-refractivity contribution is 9.10. The van der Waals surface area contributed by atoms with Crippen molar-refractivity contribution in [2.45, 2.75) is 6.42 Å². The number of carbonyl (C=O) groups is 2. The predicted molar refractivity (Wildman–Crippen MR) is 103 cm³/mol. The minimum Gasteiger partial charge on any atom is -0.465 e. The van der Waals surface area contributed by atoms with Gasteiger partial charge < -0.3 is 4.74 Å². The van der Waals surface area contributed by atoms with Gasteiger partial charge in [-0.05, 0) is 54.2 Å². The Labute approximate surface area is 158 Å². The molecule has 0 radical (unpaired) electrons. The molecule has 3 rings (SSSR count). The predicted octanol–water partition coefficient (Wildman–Crippen LogP) is 3.55. The number of benzene rings is 2. The molecule has 0 N–H and O–H groups in total. The van der Waals surface area contributed by atoms with Crippen molar-refractivity contribution in [3.63, 3.8) is 0 Å². The molecule has 1 aliphatic rings. The molecule has 0 bridgehead atoms. The summed E-state index contributed by atoms with van der Waals surface area (Å²) in [5.74, 6) is -0.632. The van der Waals surface area contributed by atoms with Gasteiger partial charge in [-0.3, -0.25) is 9.69 Å². The molecule has 0 aliphatic carbocycles. The second-order valence-electron chi connectivity index (χ2n) is 5.32. The summed E-state index contributed by atoms with van der Waals surface area (Å²) >= 11 is 8.60. The van der Waals surface area contributed by atoms with Gasteiger partial charge in [0.05, 0.1) is 18.4 Å². The van der Waals surface area contributed by atoms with E-state index >= 15 is 0 Å². The van der Waals surface area contributed by atoms with Crippen molar-refractivity contribution in [3.8, 4) is 0 Å². The number of nitrogens with zero attached hydrogens (tertiary/aromatic N) is 2. The number of carbonyl (C=O) groups excluding carboxylic acids is 2. The number of methoxy groups -OCH3 is 1. The van der Waals surface area contributed by atoms with E-state index in [1.54, 1.807) is 36.4 Å². The number of hydrogen-bond donors (Lipinski definition) is 0. The summed E-state index contributed by atoms with van der Waals surface area (Å²) in [7, 11) is 1.33. The number of anilines is 1. The number of thiocarbonyl (C=S) groups is 1. The van der Waals surface area contributed by atoms with Gasteiger partial charge >= 0.3 is 5.97 Å². The molecule has 2 aromatic carbocycles. The maximum absolute atomic E-state index is 12.6.